The van der Waals surface area contributed by atoms with Crippen LogP contribution in [0, 0.1) is 0 Å². The fraction of sp³-hybridized carbons (Fsp3) is 0.273. The van der Waals surface area contributed by atoms with Crippen LogP contribution in [0.15, 0.2) is 23.8 Å². The number of carbonyl (C=O) groups excluding carboxylic acids is 1. The van der Waals surface area contributed by atoms with Gasteiger partial charge in [0, 0.05) is 26.5 Å². The van der Waals surface area contributed by atoms with Gasteiger partial charge in [-0.15, -0.1) is 11.3 Å². The van der Waals surface area contributed by atoms with Crippen molar-refractivity contribution in [2.75, 3.05) is 14.1 Å². The van der Waals surface area contributed by atoms with Crippen LogP contribution in [-0.2, 0) is 11.3 Å². The third-order valence-corrected chi connectivity index (χ3v) is 3.68. The van der Waals surface area contributed by atoms with Crippen LogP contribution in [0.25, 0.3) is 10.7 Å². The molecule has 0 bridgehead atoms. The maximum atomic E-state index is 11.7. The fourth-order valence-electron chi connectivity index (χ4n) is 1.39. The summed E-state index contributed by atoms with van der Waals surface area (Å²) in [5.74, 6) is 0.761. The molecule has 2 aromatic heterocycles. The molecular formula is C11H12ClN3OS. The highest BCUT2D eigenvalue weighted by Crippen LogP contribution is 2.31. The lowest BCUT2D eigenvalue weighted by Crippen LogP contribution is -2.26. The van der Waals surface area contributed by atoms with E-state index in [1.54, 1.807) is 36.0 Å². The Bertz CT molecular complexity index is 532. The van der Waals surface area contributed by atoms with Gasteiger partial charge in [-0.25, -0.2) is 4.98 Å². The molecule has 0 spiro atoms. The van der Waals surface area contributed by atoms with Crippen molar-refractivity contribution in [1.82, 2.24) is 14.5 Å². The van der Waals surface area contributed by atoms with Crippen molar-refractivity contribution >= 4 is 28.8 Å². The third-order valence-electron chi connectivity index (χ3n) is 2.34. The standard InChI is InChI=1S/C11H12ClN3OS/c1-14(2)9(16)7-15-5-4-13-11(15)10-8(12)3-6-17-10/h3-6H,7H2,1-2H3. The van der Waals surface area contributed by atoms with E-state index in [9.17, 15) is 4.79 Å². The summed E-state index contributed by atoms with van der Waals surface area (Å²) in [6.07, 6.45) is 3.46. The van der Waals surface area contributed by atoms with Gasteiger partial charge in [-0.3, -0.25) is 4.79 Å². The smallest absolute Gasteiger partial charge is 0.242 e. The molecule has 2 rings (SSSR count). The van der Waals surface area contributed by atoms with E-state index in [1.807, 2.05) is 11.4 Å². The second-order valence-electron chi connectivity index (χ2n) is 3.76. The van der Waals surface area contributed by atoms with Gasteiger partial charge in [0.25, 0.3) is 0 Å². The third kappa shape index (κ3) is 2.50. The Morgan fingerprint density at radius 2 is 2.35 bits per heavy atom. The molecule has 0 aliphatic rings. The number of aromatic nitrogens is 2. The van der Waals surface area contributed by atoms with Crippen LogP contribution in [-0.4, -0.2) is 34.5 Å². The molecule has 0 aliphatic heterocycles. The quantitative estimate of drug-likeness (QED) is 0.858. The van der Waals surface area contributed by atoms with E-state index in [1.165, 1.54) is 11.3 Å². The number of hydrogen-bond donors (Lipinski definition) is 0. The SMILES string of the molecule is CN(C)C(=O)Cn1ccnc1-c1sccc1Cl. The summed E-state index contributed by atoms with van der Waals surface area (Å²) in [6, 6.07) is 1.83. The number of amides is 1. The van der Waals surface area contributed by atoms with Gasteiger partial charge < -0.3 is 9.47 Å². The Morgan fingerprint density at radius 1 is 1.59 bits per heavy atom. The normalized spacial score (nSPS) is 10.5. The number of carbonyl (C=O) groups is 1. The Kier molecular flexibility index (Phi) is 3.49. The monoisotopic (exact) mass is 269 g/mol. The number of nitrogens with zero attached hydrogens (tertiary/aromatic N) is 3. The Morgan fingerprint density at radius 3 is 2.94 bits per heavy atom. The molecule has 90 valence electrons. The van der Waals surface area contributed by atoms with E-state index in [0.29, 0.717) is 5.02 Å². The lowest BCUT2D eigenvalue weighted by Gasteiger charge is -2.12. The van der Waals surface area contributed by atoms with E-state index in [0.717, 1.165) is 10.7 Å². The maximum Gasteiger partial charge on any atom is 0.242 e. The van der Waals surface area contributed by atoms with Crippen molar-refractivity contribution in [2.45, 2.75) is 6.54 Å². The number of halogens is 1. The highest BCUT2D eigenvalue weighted by molar-refractivity contribution is 7.14. The second-order valence-corrected chi connectivity index (χ2v) is 5.09. The van der Waals surface area contributed by atoms with Crippen LogP contribution in [0.5, 0.6) is 0 Å². The molecule has 0 radical (unpaired) electrons. The van der Waals surface area contributed by atoms with Gasteiger partial charge in [0.15, 0.2) is 5.82 Å². The molecule has 6 heteroatoms. The first-order valence-corrected chi connectivity index (χ1v) is 6.30. The Labute approximate surface area is 108 Å². The zero-order chi connectivity index (χ0) is 12.4. The van der Waals surface area contributed by atoms with Crippen LogP contribution in [0.1, 0.15) is 0 Å². The summed E-state index contributed by atoms with van der Waals surface area (Å²) in [4.78, 5) is 18.4. The molecule has 0 N–H and O–H groups in total. The number of imidazole rings is 1. The van der Waals surface area contributed by atoms with Crippen molar-refractivity contribution in [3.63, 3.8) is 0 Å². The minimum atomic E-state index is 0.0249. The summed E-state index contributed by atoms with van der Waals surface area (Å²) in [6.45, 7) is 0.274. The van der Waals surface area contributed by atoms with Crippen LogP contribution in [0.2, 0.25) is 5.02 Å². The molecule has 0 atom stereocenters. The molecule has 0 saturated carbocycles. The van der Waals surface area contributed by atoms with Crippen molar-refractivity contribution in [3.8, 4) is 10.7 Å². The molecule has 0 fully saturated rings. The van der Waals surface area contributed by atoms with Gasteiger partial charge in [0.1, 0.15) is 6.54 Å². The van der Waals surface area contributed by atoms with Gasteiger partial charge >= 0.3 is 0 Å². The van der Waals surface area contributed by atoms with E-state index >= 15 is 0 Å². The van der Waals surface area contributed by atoms with Crippen LogP contribution in [0.3, 0.4) is 0 Å². The summed E-state index contributed by atoms with van der Waals surface area (Å²) < 4.78 is 1.81. The maximum absolute atomic E-state index is 11.7. The summed E-state index contributed by atoms with van der Waals surface area (Å²) in [5.41, 5.74) is 0. The van der Waals surface area contributed by atoms with Gasteiger partial charge in [-0.2, -0.15) is 0 Å². The molecule has 2 heterocycles. The molecule has 0 unspecified atom stereocenters. The molecule has 0 saturated heterocycles. The van der Waals surface area contributed by atoms with Crippen molar-refractivity contribution in [1.29, 1.82) is 0 Å². The molecule has 0 aliphatic carbocycles. The van der Waals surface area contributed by atoms with Crippen LogP contribution < -0.4 is 0 Å². The van der Waals surface area contributed by atoms with Crippen LogP contribution >= 0.6 is 22.9 Å². The topological polar surface area (TPSA) is 38.1 Å². The minimum Gasteiger partial charge on any atom is -0.347 e. The Hall–Kier alpha value is -1.33. The fourth-order valence-corrected chi connectivity index (χ4v) is 2.54. The molecule has 0 aromatic carbocycles. The first-order valence-electron chi connectivity index (χ1n) is 5.04. The van der Waals surface area contributed by atoms with Gasteiger partial charge in [-0.1, -0.05) is 11.6 Å². The number of hydrogen-bond acceptors (Lipinski definition) is 3. The van der Waals surface area contributed by atoms with E-state index < -0.39 is 0 Å². The van der Waals surface area contributed by atoms with Gasteiger partial charge in [0.2, 0.25) is 5.91 Å². The van der Waals surface area contributed by atoms with Crippen molar-refractivity contribution in [2.24, 2.45) is 0 Å². The predicted octanol–water partition coefficient (Wildman–Crippen LogP) is 2.35. The summed E-state index contributed by atoms with van der Waals surface area (Å²) >= 11 is 7.58. The first kappa shape index (κ1) is 12.1. The summed E-state index contributed by atoms with van der Waals surface area (Å²) in [5, 5.41) is 2.57. The number of thiophene rings is 1. The highest BCUT2D eigenvalue weighted by atomic mass is 35.5. The molecule has 4 nitrogen and oxygen atoms in total. The first-order chi connectivity index (χ1) is 8.09. The number of rotatable bonds is 3. The predicted molar refractivity (Wildman–Crippen MR) is 69.2 cm³/mol. The zero-order valence-corrected chi connectivity index (χ0v) is 11.1. The van der Waals surface area contributed by atoms with E-state index in [2.05, 4.69) is 4.98 Å². The highest BCUT2D eigenvalue weighted by Gasteiger charge is 2.14. The van der Waals surface area contributed by atoms with Crippen LogP contribution in [0.4, 0.5) is 0 Å². The van der Waals surface area contributed by atoms with Crippen molar-refractivity contribution in [3.05, 3.63) is 28.9 Å². The van der Waals surface area contributed by atoms with E-state index in [4.69, 9.17) is 11.6 Å². The lowest BCUT2D eigenvalue weighted by atomic mass is 10.4. The number of likely N-dealkylation sites (N-methyl/N-ethyl adjacent to an activating group) is 1. The lowest BCUT2D eigenvalue weighted by molar-refractivity contribution is -0.129. The minimum absolute atomic E-state index is 0.0249. The average Bonchev–Trinajstić information content (AvgIpc) is 2.86. The molecule has 17 heavy (non-hydrogen) atoms. The van der Waals surface area contributed by atoms with Crippen molar-refractivity contribution < 1.29 is 4.79 Å². The van der Waals surface area contributed by atoms with E-state index in [-0.39, 0.29) is 12.5 Å². The summed E-state index contributed by atoms with van der Waals surface area (Å²) in [7, 11) is 3.47. The molecular weight excluding hydrogens is 258 g/mol. The molecule has 2 aromatic rings. The molecule has 1 amide bonds. The van der Waals surface area contributed by atoms with Gasteiger partial charge in [-0.05, 0) is 11.4 Å². The second kappa shape index (κ2) is 4.89. The van der Waals surface area contributed by atoms with Gasteiger partial charge in [0.05, 0.1) is 9.90 Å². The zero-order valence-electron chi connectivity index (χ0n) is 9.55. The largest absolute Gasteiger partial charge is 0.347 e. The Balaban J connectivity index is 2.30. The average molecular weight is 270 g/mol.